The van der Waals surface area contributed by atoms with E-state index < -0.39 is 0 Å². The van der Waals surface area contributed by atoms with Crippen molar-refractivity contribution in [1.29, 1.82) is 0 Å². The molecule has 0 aliphatic heterocycles. The third-order valence-electron chi connectivity index (χ3n) is 3.03. The van der Waals surface area contributed by atoms with E-state index in [0.29, 0.717) is 16.8 Å². The molecule has 2 aromatic heterocycles. The molecular weight excluding hydrogens is 300 g/mol. The quantitative estimate of drug-likeness (QED) is 0.620. The average molecular weight is 316 g/mol. The molecule has 7 nitrogen and oxygen atoms in total. The minimum Gasteiger partial charge on any atom is -0.338 e. The number of aromatic nitrogens is 6. The van der Waals surface area contributed by atoms with Crippen molar-refractivity contribution in [3.05, 3.63) is 42.0 Å². The smallest absolute Gasteiger partial charge is 0.237 e. The number of thioether (sulfide) groups is 1. The molecule has 0 radical (unpaired) electrons. The summed E-state index contributed by atoms with van der Waals surface area (Å²) < 4.78 is 6.94. The van der Waals surface area contributed by atoms with E-state index in [-0.39, 0.29) is 0 Å². The lowest BCUT2D eigenvalue weighted by Gasteiger charge is -2.02. The molecule has 22 heavy (non-hydrogen) atoms. The molecule has 0 bridgehead atoms. The zero-order chi connectivity index (χ0) is 15.2. The van der Waals surface area contributed by atoms with Crippen LogP contribution in [0.15, 0.2) is 40.0 Å². The van der Waals surface area contributed by atoms with Gasteiger partial charge in [0.15, 0.2) is 5.82 Å². The molecule has 0 spiro atoms. The fraction of sp³-hybridized carbons (Fsp3) is 0.357. The van der Waals surface area contributed by atoms with Gasteiger partial charge in [0.25, 0.3) is 0 Å². The molecule has 0 aliphatic carbocycles. The van der Waals surface area contributed by atoms with Crippen LogP contribution in [-0.4, -0.2) is 30.3 Å². The number of hydrogen-bond acceptors (Lipinski definition) is 7. The van der Waals surface area contributed by atoms with Crippen LogP contribution in [0.3, 0.4) is 0 Å². The molecule has 1 aromatic carbocycles. The molecular formula is C14H16N6OS. The van der Waals surface area contributed by atoms with Crippen LogP contribution in [-0.2, 0) is 12.2 Å². The Hall–Kier alpha value is -2.22. The minimum atomic E-state index is 0.548. The number of benzene rings is 1. The second-order valence-corrected chi connectivity index (χ2v) is 5.65. The Kier molecular flexibility index (Phi) is 4.79. The van der Waals surface area contributed by atoms with Gasteiger partial charge in [-0.25, -0.2) is 0 Å². The number of aryl methyl sites for hydroxylation is 1. The van der Waals surface area contributed by atoms with Gasteiger partial charge in [-0.2, -0.15) is 9.67 Å². The third kappa shape index (κ3) is 3.51. The van der Waals surface area contributed by atoms with Crippen molar-refractivity contribution in [2.24, 2.45) is 0 Å². The van der Waals surface area contributed by atoms with Gasteiger partial charge in [0, 0.05) is 6.42 Å². The highest BCUT2D eigenvalue weighted by molar-refractivity contribution is 7.98. The average Bonchev–Trinajstić information content (AvgIpc) is 3.21. The van der Waals surface area contributed by atoms with Gasteiger partial charge < -0.3 is 4.52 Å². The van der Waals surface area contributed by atoms with Crippen molar-refractivity contribution in [1.82, 2.24) is 30.3 Å². The standard InChI is InChI=1S/C14H16N6OS/c1-2-3-9-12-15-13(21-17-12)10-22-14-16-18-19-20(14)11-7-5-4-6-8-11/h4-8H,2-3,9-10H2,1H3. The van der Waals surface area contributed by atoms with E-state index in [4.69, 9.17) is 4.52 Å². The van der Waals surface area contributed by atoms with Crippen LogP contribution in [0.2, 0.25) is 0 Å². The molecule has 0 atom stereocenters. The molecule has 8 heteroatoms. The van der Waals surface area contributed by atoms with Crippen molar-refractivity contribution in [3.8, 4) is 5.69 Å². The van der Waals surface area contributed by atoms with E-state index in [1.807, 2.05) is 30.3 Å². The third-order valence-corrected chi connectivity index (χ3v) is 3.93. The molecule has 0 saturated heterocycles. The lowest BCUT2D eigenvalue weighted by atomic mass is 10.2. The molecule has 0 unspecified atom stereocenters. The topological polar surface area (TPSA) is 82.5 Å². The van der Waals surface area contributed by atoms with Crippen LogP contribution < -0.4 is 0 Å². The highest BCUT2D eigenvalue weighted by Gasteiger charge is 2.12. The van der Waals surface area contributed by atoms with Gasteiger partial charge >= 0.3 is 0 Å². The monoisotopic (exact) mass is 316 g/mol. The van der Waals surface area contributed by atoms with Crippen molar-refractivity contribution in [2.75, 3.05) is 0 Å². The van der Waals surface area contributed by atoms with Crippen LogP contribution in [0.5, 0.6) is 0 Å². The number of para-hydroxylation sites is 1. The second-order valence-electron chi connectivity index (χ2n) is 4.71. The summed E-state index contributed by atoms with van der Waals surface area (Å²) in [5.41, 5.74) is 0.921. The minimum absolute atomic E-state index is 0.548. The predicted molar refractivity (Wildman–Crippen MR) is 81.6 cm³/mol. The van der Waals surface area contributed by atoms with E-state index in [0.717, 1.165) is 30.8 Å². The maximum absolute atomic E-state index is 5.25. The summed E-state index contributed by atoms with van der Waals surface area (Å²) in [7, 11) is 0. The Morgan fingerprint density at radius 3 is 2.91 bits per heavy atom. The number of tetrazole rings is 1. The molecule has 3 rings (SSSR count). The Bertz CT molecular complexity index is 711. The molecule has 0 amide bonds. The van der Waals surface area contributed by atoms with Crippen LogP contribution >= 0.6 is 11.8 Å². The van der Waals surface area contributed by atoms with Crippen LogP contribution in [0, 0.1) is 0 Å². The summed E-state index contributed by atoms with van der Waals surface area (Å²) in [6, 6.07) is 9.76. The van der Waals surface area contributed by atoms with Crippen LogP contribution in [0.25, 0.3) is 5.69 Å². The number of nitrogens with zero attached hydrogens (tertiary/aromatic N) is 6. The molecule has 114 valence electrons. The maximum Gasteiger partial charge on any atom is 0.237 e. The lowest BCUT2D eigenvalue weighted by molar-refractivity contribution is 0.384. The lowest BCUT2D eigenvalue weighted by Crippen LogP contribution is -1.98. The largest absolute Gasteiger partial charge is 0.338 e. The normalized spacial score (nSPS) is 11.0. The Labute approximate surface area is 132 Å². The van der Waals surface area contributed by atoms with Gasteiger partial charge in [0.2, 0.25) is 11.0 Å². The highest BCUT2D eigenvalue weighted by atomic mass is 32.2. The zero-order valence-electron chi connectivity index (χ0n) is 12.2. The molecule has 0 fully saturated rings. The summed E-state index contributed by atoms with van der Waals surface area (Å²) in [6.07, 6.45) is 3.04. The fourth-order valence-electron chi connectivity index (χ4n) is 1.91. The highest BCUT2D eigenvalue weighted by Crippen LogP contribution is 2.21. The van der Waals surface area contributed by atoms with Crippen LogP contribution in [0.1, 0.15) is 31.5 Å². The predicted octanol–water partition coefficient (Wildman–Crippen LogP) is 2.68. The zero-order valence-corrected chi connectivity index (χ0v) is 13.0. The summed E-state index contributed by atoms with van der Waals surface area (Å²) in [5, 5.41) is 16.5. The molecule has 0 saturated carbocycles. The first-order chi connectivity index (χ1) is 10.9. The van der Waals surface area contributed by atoms with Gasteiger partial charge in [0.05, 0.1) is 11.4 Å². The number of hydrogen-bond donors (Lipinski definition) is 0. The van der Waals surface area contributed by atoms with Crippen molar-refractivity contribution in [2.45, 2.75) is 37.1 Å². The van der Waals surface area contributed by atoms with E-state index in [1.165, 1.54) is 11.8 Å². The molecule has 0 aliphatic rings. The SMILES string of the molecule is CCCCc1noc(CSc2nnnn2-c2ccccc2)n1. The van der Waals surface area contributed by atoms with Gasteiger partial charge in [-0.3, -0.25) is 0 Å². The fourth-order valence-corrected chi connectivity index (χ4v) is 2.64. The van der Waals surface area contributed by atoms with Gasteiger partial charge in [-0.05, 0) is 29.0 Å². The first-order valence-electron chi connectivity index (χ1n) is 7.15. The van der Waals surface area contributed by atoms with E-state index in [1.54, 1.807) is 4.68 Å². The summed E-state index contributed by atoms with van der Waals surface area (Å²) in [6.45, 7) is 2.14. The van der Waals surface area contributed by atoms with Gasteiger partial charge in [0.1, 0.15) is 0 Å². The van der Waals surface area contributed by atoms with Crippen LogP contribution in [0.4, 0.5) is 0 Å². The van der Waals surface area contributed by atoms with Gasteiger partial charge in [-0.1, -0.05) is 48.5 Å². The second kappa shape index (κ2) is 7.17. The van der Waals surface area contributed by atoms with Crippen molar-refractivity contribution >= 4 is 11.8 Å². The summed E-state index contributed by atoms with van der Waals surface area (Å²) in [5.74, 6) is 1.91. The van der Waals surface area contributed by atoms with Gasteiger partial charge in [-0.15, -0.1) is 5.10 Å². The first kappa shape index (κ1) is 14.7. The Morgan fingerprint density at radius 2 is 2.09 bits per heavy atom. The molecule has 2 heterocycles. The Morgan fingerprint density at radius 1 is 1.23 bits per heavy atom. The first-order valence-corrected chi connectivity index (χ1v) is 8.13. The number of rotatable bonds is 7. The van der Waals surface area contributed by atoms with Crippen molar-refractivity contribution in [3.63, 3.8) is 0 Å². The van der Waals surface area contributed by atoms with E-state index in [9.17, 15) is 0 Å². The van der Waals surface area contributed by atoms with E-state index in [2.05, 4.69) is 32.6 Å². The summed E-state index contributed by atoms with van der Waals surface area (Å²) in [4.78, 5) is 4.37. The van der Waals surface area contributed by atoms with Crippen molar-refractivity contribution < 1.29 is 4.52 Å². The molecule has 3 aromatic rings. The Balaban J connectivity index is 1.65. The molecule has 0 N–H and O–H groups in total. The van der Waals surface area contributed by atoms with E-state index >= 15 is 0 Å². The number of unbranched alkanes of at least 4 members (excludes halogenated alkanes) is 1. The maximum atomic E-state index is 5.25. The summed E-state index contributed by atoms with van der Waals surface area (Å²) >= 11 is 1.47.